The van der Waals surface area contributed by atoms with Gasteiger partial charge in [-0.2, -0.15) is 10.2 Å². The van der Waals surface area contributed by atoms with Gasteiger partial charge >= 0.3 is 0 Å². The predicted octanol–water partition coefficient (Wildman–Crippen LogP) is 1.38. The minimum Gasteiger partial charge on any atom is -0.409 e. The number of nitrogens with two attached hydrogens (primary N) is 1. The minimum atomic E-state index is 0.0295. The van der Waals surface area contributed by atoms with E-state index in [0.717, 1.165) is 22.0 Å². The van der Waals surface area contributed by atoms with Gasteiger partial charge in [-0.3, -0.25) is 4.68 Å². The van der Waals surface area contributed by atoms with Crippen molar-refractivity contribution in [2.75, 3.05) is 0 Å². The highest BCUT2D eigenvalue weighted by molar-refractivity contribution is 7.99. The first-order valence-electron chi connectivity index (χ1n) is 5.94. The quantitative estimate of drug-likeness (QED) is 0.383. The minimum absolute atomic E-state index is 0.0295. The summed E-state index contributed by atoms with van der Waals surface area (Å²) in [6.07, 6.45) is 0. The van der Waals surface area contributed by atoms with E-state index in [1.54, 1.807) is 4.68 Å². The van der Waals surface area contributed by atoms with E-state index >= 15 is 0 Å². The van der Waals surface area contributed by atoms with Gasteiger partial charge in [0.2, 0.25) is 0 Å². The first-order chi connectivity index (χ1) is 9.43. The number of oxime groups is 1. The van der Waals surface area contributed by atoms with E-state index in [2.05, 4.69) is 20.5 Å². The molecule has 0 unspecified atom stereocenters. The van der Waals surface area contributed by atoms with Crippen molar-refractivity contribution in [3.05, 3.63) is 28.6 Å². The van der Waals surface area contributed by atoms with Gasteiger partial charge in [0.25, 0.3) is 0 Å². The van der Waals surface area contributed by atoms with Crippen molar-refractivity contribution in [3.8, 4) is 0 Å². The molecule has 0 spiro atoms. The molecule has 0 saturated carbocycles. The third-order valence-electron chi connectivity index (χ3n) is 2.95. The molecule has 2 aromatic rings. The second-order valence-electron chi connectivity index (χ2n) is 4.43. The first-order valence-corrected chi connectivity index (χ1v) is 6.76. The number of aromatic nitrogens is 4. The summed E-state index contributed by atoms with van der Waals surface area (Å²) in [5, 5.41) is 26.0. The lowest BCUT2D eigenvalue weighted by molar-refractivity contribution is 0.318. The van der Waals surface area contributed by atoms with E-state index in [1.165, 1.54) is 11.8 Å². The summed E-state index contributed by atoms with van der Waals surface area (Å²) in [5.41, 5.74) is 8.86. The van der Waals surface area contributed by atoms with Crippen LogP contribution in [-0.2, 0) is 7.05 Å². The smallest absolute Gasteiger partial charge is 0.173 e. The number of amidine groups is 1. The highest BCUT2D eigenvalue weighted by Gasteiger charge is 2.17. The maximum Gasteiger partial charge on any atom is 0.173 e. The van der Waals surface area contributed by atoms with E-state index in [9.17, 15) is 0 Å². The Morgan fingerprint density at radius 2 is 2.05 bits per heavy atom. The van der Waals surface area contributed by atoms with Crippen LogP contribution in [0.3, 0.4) is 0 Å². The highest BCUT2D eigenvalue weighted by Crippen LogP contribution is 2.30. The Balaban J connectivity index is 2.52. The van der Waals surface area contributed by atoms with Crippen LogP contribution in [0.2, 0.25) is 0 Å². The van der Waals surface area contributed by atoms with Crippen LogP contribution in [0.25, 0.3) is 0 Å². The third-order valence-corrected chi connectivity index (χ3v) is 4.02. The molecule has 0 saturated heterocycles. The van der Waals surface area contributed by atoms with Crippen molar-refractivity contribution in [2.45, 2.75) is 30.8 Å². The molecule has 2 heterocycles. The van der Waals surface area contributed by atoms with Crippen LogP contribution >= 0.6 is 11.8 Å². The Morgan fingerprint density at radius 1 is 1.35 bits per heavy atom. The lowest BCUT2D eigenvalue weighted by atomic mass is 10.1. The van der Waals surface area contributed by atoms with Crippen molar-refractivity contribution in [1.29, 1.82) is 0 Å². The lowest BCUT2D eigenvalue weighted by Gasteiger charge is -2.10. The second kappa shape index (κ2) is 5.49. The molecule has 0 aliphatic carbocycles. The summed E-state index contributed by atoms with van der Waals surface area (Å²) in [5.74, 6) is 0.0295. The van der Waals surface area contributed by atoms with Gasteiger partial charge in [-0.25, -0.2) is 0 Å². The van der Waals surface area contributed by atoms with E-state index in [-0.39, 0.29) is 5.84 Å². The summed E-state index contributed by atoms with van der Waals surface area (Å²) in [4.78, 5) is 0. The molecule has 0 amide bonds. The standard InChI is InChI=1S/C12H16N6OS/c1-6-5-9(18(4)16-6)20-12-10(11(13)17-19)7(2)8(3)14-15-12/h5,19H,1-4H3,(H2,13,17). The summed E-state index contributed by atoms with van der Waals surface area (Å²) in [7, 11) is 1.85. The van der Waals surface area contributed by atoms with Crippen LogP contribution in [0.15, 0.2) is 21.3 Å². The van der Waals surface area contributed by atoms with Crippen LogP contribution in [0.1, 0.15) is 22.5 Å². The van der Waals surface area contributed by atoms with Gasteiger partial charge in [0.05, 0.1) is 17.0 Å². The van der Waals surface area contributed by atoms with Crippen molar-refractivity contribution < 1.29 is 5.21 Å². The molecule has 2 aromatic heterocycles. The normalized spacial score (nSPS) is 11.9. The van der Waals surface area contributed by atoms with Gasteiger partial charge in [0, 0.05) is 7.05 Å². The van der Waals surface area contributed by atoms with Crippen molar-refractivity contribution in [2.24, 2.45) is 17.9 Å². The number of hydrogen-bond acceptors (Lipinski definition) is 6. The zero-order valence-corrected chi connectivity index (χ0v) is 12.6. The molecule has 0 aromatic carbocycles. The molecule has 2 rings (SSSR count). The van der Waals surface area contributed by atoms with Gasteiger partial charge in [0.15, 0.2) is 5.84 Å². The van der Waals surface area contributed by atoms with Crippen molar-refractivity contribution in [1.82, 2.24) is 20.0 Å². The number of rotatable bonds is 3. The van der Waals surface area contributed by atoms with E-state index in [0.29, 0.717) is 10.6 Å². The van der Waals surface area contributed by atoms with Crippen LogP contribution in [-0.4, -0.2) is 31.0 Å². The Labute approximate surface area is 120 Å². The summed E-state index contributed by atoms with van der Waals surface area (Å²) < 4.78 is 1.76. The first kappa shape index (κ1) is 14.3. The van der Waals surface area contributed by atoms with E-state index in [4.69, 9.17) is 10.9 Å². The molecule has 8 heteroatoms. The molecule has 20 heavy (non-hydrogen) atoms. The Bertz CT molecular complexity index is 679. The monoisotopic (exact) mass is 292 g/mol. The van der Waals surface area contributed by atoms with Crippen molar-refractivity contribution in [3.63, 3.8) is 0 Å². The third kappa shape index (κ3) is 2.60. The molecule has 3 N–H and O–H groups in total. The van der Waals surface area contributed by atoms with Crippen LogP contribution in [0.5, 0.6) is 0 Å². The molecule has 0 fully saturated rings. The fraction of sp³-hybridized carbons (Fsp3) is 0.333. The molecule has 0 bridgehead atoms. The van der Waals surface area contributed by atoms with Crippen LogP contribution in [0, 0.1) is 20.8 Å². The largest absolute Gasteiger partial charge is 0.409 e. The van der Waals surface area contributed by atoms with Crippen molar-refractivity contribution >= 4 is 17.6 Å². The fourth-order valence-electron chi connectivity index (χ4n) is 1.79. The lowest BCUT2D eigenvalue weighted by Crippen LogP contribution is -2.18. The zero-order valence-electron chi connectivity index (χ0n) is 11.7. The van der Waals surface area contributed by atoms with Gasteiger partial charge in [-0.05, 0) is 44.2 Å². The Morgan fingerprint density at radius 3 is 2.60 bits per heavy atom. The average Bonchev–Trinajstić information content (AvgIpc) is 2.72. The molecule has 0 aliphatic heterocycles. The fourth-order valence-corrected chi connectivity index (χ4v) is 2.83. The van der Waals surface area contributed by atoms with Gasteiger partial charge in [0.1, 0.15) is 10.1 Å². The van der Waals surface area contributed by atoms with E-state index < -0.39 is 0 Å². The summed E-state index contributed by atoms with van der Waals surface area (Å²) in [6.45, 7) is 5.62. The van der Waals surface area contributed by atoms with Gasteiger partial charge in [-0.1, -0.05) is 5.16 Å². The number of hydrogen-bond donors (Lipinski definition) is 2. The molecular weight excluding hydrogens is 276 g/mol. The Hall–Kier alpha value is -2.09. The summed E-state index contributed by atoms with van der Waals surface area (Å²) in [6, 6.07) is 1.94. The maximum atomic E-state index is 8.94. The van der Waals surface area contributed by atoms with Crippen LogP contribution in [0.4, 0.5) is 0 Å². The van der Waals surface area contributed by atoms with Gasteiger partial charge < -0.3 is 10.9 Å². The topological polar surface area (TPSA) is 102 Å². The molecule has 0 radical (unpaired) electrons. The molecular formula is C12H16N6OS. The molecule has 7 nitrogen and oxygen atoms in total. The predicted molar refractivity (Wildman–Crippen MR) is 76.1 cm³/mol. The molecule has 0 aliphatic rings. The van der Waals surface area contributed by atoms with Crippen LogP contribution < -0.4 is 5.73 Å². The van der Waals surface area contributed by atoms with Gasteiger partial charge in [-0.15, -0.1) is 5.10 Å². The summed E-state index contributed by atoms with van der Waals surface area (Å²) >= 11 is 1.38. The maximum absolute atomic E-state index is 8.94. The average molecular weight is 292 g/mol. The molecule has 0 atom stereocenters. The number of aryl methyl sites for hydroxylation is 3. The Kier molecular flexibility index (Phi) is 3.93. The second-order valence-corrected chi connectivity index (χ2v) is 5.43. The zero-order chi connectivity index (χ0) is 14.9. The molecule has 106 valence electrons. The number of nitrogens with zero attached hydrogens (tertiary/aromatic N) is 5. The SMILES string of the molecule is Cc1cc(Sc2nnc(C)c(C)c2C(N)=NO)n(C)n1. The van der Waals surface area contributed by atoms with E-state index in [1.807, 2.05) is 33.9 Å². The highest BCUT2D eigenvalue weighted by atomic mass is 32.2.